The number of nitrogens with one attached hydrogen (secondary N) is 1. The first-order chi connectivity index (χ1) is 12.7. The third kappa shape index (κ3) is 6.80. The molecule has 5 nitrogen and oxygen atoms in total. The fourth-order valence-corrected chi connectivity index (χ4v) is 3.54. The Bertz CT molecular complexity index is 629. The third-order valence-electron chi connectivity index (χ3n) is 5.28. The van der Waals surface area contributed by atoms with Crippen molar-refractivity contribution in [1.29, 1.82) is 0 Å². The zero-order valence-electron chi connectivity index (χ0n) is 18.1. The van der Waals surface area contributed by atoms with Gasteiger partial charge < -0.3 is 10.2 Å². The van der Waals surface area contributed by atoms with Gasteiger partial charge in [-0.05, 0) is 45.4 Å². The summed E-state index contributed by atoms with van der Waals surface area (Å²) in [4.78, 5) is 14.9. The predicted molar refractivity (Wildman–Crippen MR) is 113 cm³/mol. The number of rotatable bonds is 7. The Morgan fingerprint density at radius 2 is 2.00 bits per heavy atom. The molecule has 1 aliphatic rings. The molecule has 1 fully saturated rings. The fraction of sp³-hybridized carbons (Fsp3) is 0.727. The van der Waals surface area contributed by atoms with Crippen LogP contribution in [0.1, 0.15) is 73.3 Å². The number of aromatic nitrogens is 2. The molecule has 0 radical (unpaired) electrons. The Balaban J connectivity index is 1.83. The highest BCUT2D eigenvalue weighted by Crippen LogP contribution is 2.27. The summed E-state index contributed by atoms with van der Waals surface area (Å²) < 4.78 is 2.01. The van der Waals surface area contributed by atoms with E-state index in [-0.39, 0.29) is 5.91 Å². The lowest BCUT2D eigenvalue weighted by molar-refractivity contribution is -0.123. The van der Waals surface area contributed by atoms with E-state index in [0.717, 1.165) is 37.7 Å². The van der Waals surface area contributed by atoms with Crippen molar-refractivity contribution in [2.24, 2.45) is 11.3 Å². The SMILES string of the molecule is CC(C)=CCCC(C)CN1CCC(n2nccc2NC(=O)C(C)(C)C)CC1. The van der Waals surface area contributed by atoms with Crippen LogP contribution in [0.3, 0.4) is 0 Å². The second kappa shape index (κ2) is 9.54. The zero-order valence-corrected chi connectivity index (χ0v) is 18.1. The summed E-state index contributed by atoms with van der Waals surface area (Å²) in [5.41, 5.74) is 1.01. The van der Waals surface area contributed by atoms with Gasteiger partial charge in [-0.2, -0.15) is 5.10 Å². The summed E-state index contributed by atoms with van der Waals surface area (Å²) in [6, 6.07) is 2.27. The van der Waals surface area contributed by atoms with Gasteiger partial charge in [0, 0.05) is 31.1 Å². The molecule has 0 aromatic carbocycles. The monoisotopic (exact) mass is 374 g/mol. The van der Waals surface area contributed by atoms with Crippen LogP contribution in [-0.2, 0) is 4.79 Å². The molecular formula is C22H38N4O. The van der Waals surface area contributed by atoms with Gasteiger partial charge in [-0.25, -0.2) is 4.68 Å². The predicted octanol–water partition coefficient (Wildman–Crippen LogP) is 4.89. The van der Waals surface area contributed by atoms with Gasteiger partial charge in [0.15, 0.2) is 0 Å². The Labute approximate surface area is 165 Å². The molecular weight excluding hydrogens is 336 g/mol. The van der Waals surface area contributed by atoms with Gasteiger partial charge >= 0.3 is 0 Å². The normalized spacial score (nSPS) is 17.6. The minimum absolute atomic E-state index is 0.0341. The highest BCUT2D eigenvalue weighted by Gasteiger charge is 2.26. The smallest absolute Gasteiger partial charge is 0.230 e. The van der Waals surface area contributed by atoms with Crippen LogP contribution >= 0.6 is 0 Å². The van der Waals surface area contributed by atoms with E-state index in [4.69, 9.17) is 0 Å². The van der Waals surface area contributed by atoms with Crippen molar-refractivity contribution >= 4 is 11.7 Å². The van der Waals surface area contributed by atoms with Crippen LogP contribution in [-0.4, -0.2) is 40.2 Å². The van der Waals surface area contributed by atoms with Gasteiger partial charge in [-0.1, -0.05) is 39.3 Å². The number of piperidine rings is 1. The molecule has 1 amide bonds. The standard InChI is InChI=1S/C22H38N4O/c1-17(2)8-7-9-18(3)16-25-14-11-19(12-15-25)26-20(10-13-23-26)24-21(27)22(4,5)6/h8,10,13,18-19H,7,9,11-12,14-16H2,1-6H3,(H,24,27). The maximum atomic E-state index is 12.3. The van der Waals surface area contributed by atoms with Crippen molar-refractivity contribution in [2.75, 3.05) is 25.0 Å². The van der Waals surface area contributed by atoms with Crippen LogP contribution in [0.4, 0.5) is 5.82 Å². The quantitative estimate of drug-likeness (QED) is 0.692. The molecule has 2 rings (SSSR count). The van der Waals surface area contributed by atoms with E-state index in [1.54, 1.807) is 6.20 Å². The third-order valence-corrected chi connectivity index (χ3v) is 5.28. The highest BCUT2D eigenvalue weighted by atomic mass is 16.2. The van der Waals surface area contributed by atoms with Gasteiger partial charge in [0.2, 0.25) is 5.91 Å². The Morgan fingerprint density at radius 1 is 1.33 bits per heavy atom. The first-order valence-electron chi connectivity index (χ1n) is 10.4. The fourth-order valence-electron chi connectivity index (χ4n) is 3.54. The van der Waals surface area contributed by atoms with Crippen LogP contribution in [0.15, 0.2) is 23.9 Å². The Morgan fingerprint density at radius 3 is 2.59 bits per heavy atom. The summed E-state index contributed by atoms with van der Waals surface area (Å²) in [6.07, 6.45) is 8.74. The Hall–Kier alpha value is -1.62. The second-order valence-corrected chi connectivity index (χ2v) is 9.36. The van der Waals surface area contributed by atoms with Gasteiger partial charge in [-0.15, -0.1) is 0 Å². The molecule has 0 aliphatic carbocycles. The van der Waals surface area contributed by atoms with E-state index in [1.165, 1.54) is 25.0 Å². The van der Waals surface area contributed by atoms with E-state index in [9.17, 15) is 4.79 Å². The largest absolute Gasteiger partial charge is 0.310 e. The number of hydrogen-bond donors (Lipinski definition) is 1. The minimum atomic E-state index is -0.403. The average molecular weight is 375 g/mol. The molecule has 1 saturated heterocycles. The molecule has 2 heterocycles. The second-order valence-electron chi connectivity index (χ2n) is 9.36. The first-order valence-corrected chi connectivity index (χ1v) is 10.4. The number of carbonyl (C=O) groups excluding carboxylic acids is 1. The summed E-state index contributed by atoms with van der Waals surface area (Å²) in [5.74, 6) is 1.58. The van der Waals surface area contributed by atoms with Gasteiger partial charge in [0.25, 0.3) is 0 Å². The maximum Gasteiger partial charge on any atom is 0.230 e. The lowest BCUT2D eigenvalue weighted by Gasteiger charge is -2.34. The number of allylic oxidation sites excluding steroid dienone is 2. The van der Waals surface area contributed by atoms with Crippen LogP contribution in [0.25, 0.3) is 0 Å². The van der Waals surface area contributed by atoms with E-state index < -0.39 is 5.41 Å². The number of likely N-dealkylation sites (tertiary alicyclic amines) is 1. The molecule has 0 saturated carbocycles. The summed E-state index contributed by atoms with van der Waals surface area (Å²) >= 11 is 0. The minimum Gasteiger partial charge on any atom is -0.310 e. The lowest BCUT2D eigenvalue weighted by atomic mass is 9.96. The Kier molecular flexibility index (Phi) is 7.66. The van der Waals surface area contributed by atoms with Crippen molar-refractivity contribution in [2.45, 2.75) is 73.3 Å². The van der Waals surface area contributed by atoms with E-state index >= 15 is 0 Å². The molecule has 1 aliphatic heterocycles. The van der Waals surface area contributed by atoms with Gasteiger partial charge in [0.1, 0.15) is 5.82 Å². The molecule has 1 atom stereocenters. The molecule has 1 aromatic rings. The molecule has 1 unspecified atom stereocenters. The van der Waals surface area contributed by atoms with Crippen molar-refractivity contribution in [3.8, 4) is 0 Å². The highest BCUT2D eigenvalue weighted by molar-refractivity contribution is 5.93. The van der Waals surface area contributed by atoms with Gasteiger partial charge in [-0.3, -0.25) is 4.79 Å². The number of hydrogen-bond acceptors (Lipinski definition) is 3. The lowest BCUT2D eigenvalue weighted by Crippen LogP contribution is -2.38. The maximum absolute atomic E-state index is 12.3. The number of carbonyl (C=O) groups is 1. The van der Waals surface area contributed by atoms with Crippen LogP contribution in [0.5, 0.6) is 0 Å². The molecule has 27 heavy (non-hydrogen) atoms. The van der Waals surface area contributed by atoms with E-state index in [2.05, 4.69) is 42.2 Å². The summed E-state index contributed by atoms with van der Waals surface area (Å²) in [5, 5.41) is 7.54. The van der Waals surface area contributed by atoms with Crippen molar-refractivity contribution < 1.29 is 4.79 Å². The molecule has 1 aromatic heterocycles. The van der Waals surface area contributed by atoms with Crippen LogP contribution in [0, 0.1) is 11.3 Å². The summed E-state index contributed by atoms with van der Waals surface area (Å²) in [6.45, 7) is 15.9. The average Bonchev–Trinajstić information content (AvgIpc) is 3.02. The van der Waals surface area contributed by atoms with E-state index in [0.29, 0.717) is 6.04 Å². The number of anilines is 1. The zero-order chi connectivity index (χ0) is 20.0. The van der Waals surface area contributed by atoms with Crippen LogP contribution < -0.4 is 5.32 Å². The van der Waals surface area contributed by atoms with Crippen molar-refractivity contribution in [3.63, 3.8) is 0 Å². The molecule has 0 bridgehead atoms. The first kappa shape index (κ1) is 21.7. The van der Waals surface area contributed by atoms with E-state index in [1.807, 2.05) is 31.5 Å². The molecule has 1 N–H and O–H groups in total. The molecule has 152 valence electrons. The number of nitrogens with zero attached hydrogens (tertiary/aromatic N) is 3. The van der Waals surface area contributed by atoms with Crippen molar-refractivity contribution in [3.05, 3.63) is 23.9 Å². The molecule has 0 spiro atoms. The number of amides is 1. The summed E-state index contributed by atoms with van der Waals surface area (Å²) in [7, 11) is 0. The van der Waals surface area contributed by atoms with Crippen LogP contribution in [0.2, 0.25) is 0 Å². The van der Waals surface area contributed by atoms with Gasteiger partial charge in [0.05, 0.1) is 12.2 Å². The topological polar surface area (TPSA) is 50.2 Å². The molecule has 5 heteroatoms. The van der Waals surface area contributed by atoms with Crippen molar-refractivity contribution in [1.82, 2.24) is 14.7 Å².